The molecule has 2 aromatic carbocycles. The van der Waals surface area contributed by atoms with Gasteiger partial charge in [0.1, 0.15) is 11.6 Å². The zero-order valence-electron chi connectivity index (χ0n) is 15.8. The van der Waals surface area contributed by atoms with Crippen LogP contribution in [-0.4, -0.2) is 36.1 Å². The molecule has 8 nitrogen and oxygen atoms in total. The lowest BCUT2D eigenvalue weighted by atomic mass is 9.98. The van der Waals surface area contributed by atoms with E-state index >= 15 is 0 Å². The van der Waals surface area contributed by atoms with Gasteiger partial charge in [-0.1, -0.05) is 6.92 Å². The van der Waals surface area contributed by atoms with E-state index < -0.39 is 0 Å². The Balaban J connectivity index is 1.74. The molecule has 1 aliphatic heterocycles. The molecule has 4 N–H and O–H groups in total. The number of carbonyl (C=O) groups is 2. The second-order valence-electron chi connectivity index (χ2n) is 6.61. The Kier molecular flexibility index (Phi) is 4.38. The van der Waals surface area contributed by atoms with Gasteiger partial charge in [0.2, 0.25) is 5.91 Å². The first-order chi connectivity index (χ1) is 13.5. The van der Waals surface area contributed by atoms with E-state index in [1.807, 2.05) is 25.1 Å². The molecule has 2 heterocycles. The van der Waals surface area contributed by atoms with Crippen molar-refractivity contribution in [1.82, 2.24) is 15.3 Å². The predicted molar refractivity (Wildman–Crippen MR) is 108 cm³/mol. The first-order valence-electron chi connectivity index (χ1n) is 9.05. The standard InChI is InChI=1S/C20H21N5O3/c1-4-11-13-8-15-16(9-14(13)25-19(11)26)24-18(23-15)12-6-5-10(7-17(12)28-3)22-20(27)21-2/h5-9,11H,4H2,1-3H3,(H,23,24)(H,25,26)(H2,21,22,27). The van der Waals surface area contributed by atoms with Gasteiger partial charge in [0, 0.05) is 24.5 Å². The number of carbonyl (C=O) groups excluding carboxylic acids is 2. The number of nitrogens with zero attached hydrogens (tertiary/aromatic N) is 1. The molecular weight excluding hydrogens is 358 g/mol. The van der Waals surface area contributed by atoms with Gasteiger partial charge in [0.05, 0.1) is 29.6 Å². The van der Waals surface area contributed by atoms with Gasteiger partial charge >= 0.3 is 6.03 Å². The van der Waals surface area contributed by atoms with Crippen molar-refractivity contribution in [3.63, 3.8) is 0 Å². The van der Waals surface area contributed by atoms with Crippen LogP contribution in [0.1, 0.15) is 24.8 Å². The van der Waals surface area contributed by atoms with Crippen molar-refractivity contribution in [3.8, 4) is 17.1 Å². The van der Waals surface area contributed by atoms with Crippen LogP contribution in [0.25, 0.3) is 22.4 Å². The van der Waals surface area contributed by atoms with Gasteiger partial charge in [-0.3, -0.25) is 4.79 Å². The fourth-order valence-electron chi connectivity index (χ4n) is 3.52. The maximum Gasteiger partial charge on any atom is 0.318 e. The van der Waals surface area contributed by atoms with E-state index in [2.05, 4.69) is 20.9 Å². The molecule has 0 saturated carbocycles. The average Bonchev–Trinajstić information content (AvgIpc) is 3.24. The number of nitrogens with one attached hydrogen (secondary N) is 4. The molecule has 0 radical (unpaired) electrons. The second-order valence-corrected chi connectivity index (χ2v) is 6.61. The van der Waals surface area contributed by atoms with Crippen molar-refractivity contribution in [2.24, 2.45) is 0 Å². The van der Waals surface area contributed by atoms with Crippen LogP contribution in [0, 0.1) is 0 Å². The molecule has 28 heavy (non-hydrogen) atoms. The molecule has 0 spiro atoms. The quantitative estimate of drug-likeness (QED) is 0.557. The summed E-state index contributed by atoms with van der Waals surface area (Å²) in [6, 6.07) is 8.94. The van der Waals surface area contributed by atoms with Crippen LogP contribution in [0.4, 0.5) is 16.2 Å². The second kappa shape index (κ2) is 6.88. The highest BCUT2D eigenvalue weighted by Crippen LogP contribution is 2.38. The number of fused-ring (bicyclic) bond motifs is 2. The normalized spacial score (nSPS) is 15.2. The van der Waals surface area contributed by atoms with Crippen molar-refractivity contribution in [2.75, 3.05) is 24.8 Å². The summed E-state index contributed by atoms with van der Waals surface area (Å²) in [6.07, 6.45) is 0.745. The number of anilines is 2. The molecule has 4 rings (SSSR count). The molecule has 0 fully saturated rings. The zero-order chi connectivity index (χ0) is 19.8. The number of aromatic nitrogens is 2. The lowest BCUT2D eigenvalue weighted by Crippen LogP contribution is -2.24. The zero-order valence-corrected chi connectivity index (χ0v) is 15.8. The summed E-state index contributed by atoms with van der Waals surface area (Å²) in [5.41, 5.74) is 4.83. The number of urea groups is 1. The number of ether oxygens (including phenoxy) is 1. The van der Waals surface area contributed by atoms with E-state index in [0.717, 1.165) is 34.3 Å². The summed E-state index contributed by atoms with van der Waals surface area (Å²) in [4.78, 5) is 31.6. The summed E-state index contributed by atoms with van der Waals surface area (Å²) in [5.74, 6) is 1.14. The summed E-state index contributed by atoms with van der Waals surface area (Å²) < 4.78 is 5.49. The van der Waals surface area contributed by atoms with Crippen LogP contribution in [0.5, 0.6) is 5.75 Å². The lowest BCUT2D eigenvalue weighted by molar-refractivity contribution is -0.117. The Morgan fingerprint density at radius 3 is 2.82 bits per heavy atom. The van der Waals surface area contributed by atoms with E-state index in [1.165, 1.54) is 0 Å². The number of amides is 3. The van der Waals surface area contributed by atoms with Gasteiger partial charge < -0.3 is 25.7 Å². The number of hydrogen-bond acceptors (Lipinski definition) is 4. The van der Waals surface area contributed by atoms with Gasteiger partial charge in [0.15, 0.2) is 0 Å². The molecule has 8 heteroatoms. The maximum atomic E-state index is 12.1. The Bertz CT molecular complexity index is 1090. The number of benzene rings is 2. The van der Waals surface area contributed by atoms with Crippen LogP contribution in [0.15, 0.2) is 30.3 Å². The van der Waals surface area contributed by atoms with E-state index in [1.54, 1.807) is 26.3 Å². The molecule has 3 aromatic rings. The topological polar surface area (TPSA) is 108 Å². The van der Waals surface area contributed by atoms with E-state index in [-0.39, 0.29) is 17.9 Å². The highest BCUT2D eigenvalue weighted by molar-refractivity contribution is 6.05. The molecule has 1 aromatic heterocycles. The Morgan fingerprint density at radius 2 is 2.11 bits per heavy atom. The highest BCUT2D eigenvalue weighted by Gasteiger charge is 2.29. The van der Waals surface area contributed by atoms with Gasteiger partial charge in [0.25, 0.3) is 0 Å². The van der Waals surface area contributed by atoms with Gasteiger partial charge in [-0.05, 0) is 36.2 Å². The number of methoxy groups -OCH3 is 1. The first kappa shape index (κ1) is 17.8. The smallest absolute Gasteiger partial charge is 0.318 e. The third-order valence-corrected chi connectivity index (χ3v) is 4.95. The Labute approximate surface area is 161 Å². The SMILES string of the molecule is CCC1C(=O)Nc2cc3[nH]c(-c4ccc(NC(=O)NC)cc4OC)nc3cc21. The number of H-pyrrole nitrogens is 1. The molecular formula is C20H21N5O3. The molecule has 0 aliphatic carbocycles. The number of hydrogen-bond donors (Lipinski definition) is 4. The van der Waals surface area contributed by atoms with E-state index in [4.69, 9.17) is 9.72 Å². The third kappa shape index (κ3) is 2.92. The van der Waals surface area contributed by atoms with Gasteiger partial charge in [-0.15, -0.1) is 0 Å². The highest BCUT2D eigenvalue weighted by atomic mass is 16.5. The molecule has 0 saturated heterocycles. The summed E-state index contributed by atoms with van der Waals surface area (Å²) >= 11 is 0. The van der Waals surface area contributed by atoms with E-state index in [0.29, 0.717) is 17.3 Å². The van der Waals surface area contributed by atoms with Crippen LogP contribution in [-0.2, 0) is 4.79 Å². The Morgan fingerprint density at radius 1 is 1.29 bits per heavy atom. The number of imidazole rings is 1. The third-order valence-electron chi connectivity index (χ3n) is 4.95. The summed E-state index contributed by atoms with van der Waals surface area (Å²) in [7, 11) is 3.12. The molecule has 1 aliphatic rings. The monoisotopic (exact) mass is 379 g/mol. The molecule has 1 unspecified atom stereocenters. The van der Waals surface area contributed by atoms with Gasteiger partial charge in [-0.2, -0.15) is 0 Å². The molecule has 144 valence electrons. The summed E-state index contributed by atoms with van der Waals surface area (Å²) in [6.45, 7) is 2.00. The van der Waals surface area contributed by atoms with E-state index in [9.17, 15) is 9.59 Å². The van der Waals surface area contributed by atoms with Crippen LogP contribution in [0.3, 0.4) is 0 Å². The van der Waals surface area contributed by atoms with Crippen molar-refractivity contribution in [1.29, 1.82) is 0 Å². The molecule has 0 bridgehead atoms. The van der Waals surface area contributed by atoms with Crippen molar-refractivity contribution < 1.29 is 14.3 Å². The minimum atomic E-state index is -0.305. The minimum Gasteiger partial charge on any atom is -0.496 e. The fraction of sp³-hybridized carbons (Fsp3) is 0.250. The average molecular weight is 379 g/mol. The molecule has 1 atom stereocenters. The number of rotatable bonds is 4. The van der Waals surface area contributed by atoms with Crippen LogP contribution < -0.4 is 20.7 Å². The van der Waals surface area contributed by atoms with Crippen molar-refractivity contribution in [2.45, 2.75) is 19.3 Å². The first-order valence-corrected chi connectivity index (χ1v) is 9.05. The Hall–Kier alpha value is -3.55. The van der Waals surface area contributed by atoms with Crippen LogP contribution >= 0.6 is 0 Å². The van der Waals surface area contributed by atoms with Crippen molar-refractivity contribution >= 4 is 34.3 Å². The van der Waals surface area contributed by atoms with Gasteiger partial charge in [-0.25, -0.2) is 9.78 Å². The predicted octanol–water partition coefficient (Wildman–Crippen LogP) is 3.44. The molecule has 3 amide bonds. The largest absolute Gasteiger partial charge is 0.496 e. The summed E-state index contributed by atoms with van der Waals surface area (Å²) in [5, 5.41) is 8.16. The maximum absolute atomic E-state index is 12.1. The lowest BCUT2D eigenvalue weighted by Gasteiger charge is -2.10. The fourth-order valence-corrected chi connectivity index (χ4v) is 3.52. The number of aromatic amines is 1. The minimum absolute atomic E-state index is 0.0336. The van der Waals surface area contributed by atoms with Crippen LogP contribution in [0.2, 0.25) is 0 Å². The van der Waals surface area contributed by atoms with Crippen molar-refractivity contribution in [3.05, 3.63) is 35.9 Å².